The molecule has 8 nitrogen and oxygen atoms in total. The Bertz CT molecular complexity index is 1040. The van der Waals surface area contributed by atoms with Gasteiger partial charge in [-0.25, -0.2) is 0 Å². The van der Waals surface area contributed by atoms with Crippen molar-refractivity contribution in [2.75, 3.05) is 6.54 Å². The zero-order chi connectivity index (χ0) is 22.2. The standard InChI is InChI=1S/C23H24N4O4/c1-3-17(2)26(22(28)14-9-18-7-5-4-6-8-18)16-15-21-24-23(25-31-21)19-10-12-20(13-11-19)27(29)30/h4-14,17H,3,15-16H2,1-2H3. The SMILES string of the molecule is CCC(C)N(CCc1nc(-c2ccc([N+](=O)[O-])cc2)no1)C(=O)C=Cc1ccccc1. The molecule has 3 rings (SSSR count). The van der Waals surface area contributed by atoms with Crippen molar-refractivity contribution in [2.45, 2.75) is 32.7 Å². The van der Waals surface area contributed by atoms with Crippen molar-refractivity contribution >= 4 is 17.7 Å². The van der Waals surface area contributed by atoms with E-state index < -0.39 is 4.92 Å². The smallest absolute Gasteiger partial charge is 0.269 e. The Morgan fingerprint density at radius 3 is 2.55 bits per heavy atom. The third-order valence-electron chi connectivity index (χ3n) is 4.99. The third-order valence-corrected chi connectivity index (χ3v) is 4.99. The lowest BCUT2D eigenvalue weighted by Crippen LogP contribution is -2.38. The number of benzene rings is 2. The van der Waals surface area contributed by atoms with Gasteiger partial charge in [0.2, 0.25) is 17.6 Å². The van der Waals surface area contributed by atoms with Crippen LogP contribution in [0.25, 0.3) is 17.5 Å². The van der Waals surface area contributed by atoms with E-state index in [-0.39, 0.29) is 17.6 Å². The monoisotopic (exact) mass is 420 g/mol. The third kappa shape index (κ3) is 5.85. The van der Waals surface area contributed by atoms with Gasteiger partial charge >= 0.3 is 0 Å². The van der Waals surface area contributed by atoms with Crippen LogP contribution in [-0.2, 0) is 11.2 Å². The Morgan fingerprint density at radius 1 is 1.19 bits per heavy atom. The number of hydrogen-bond acceptors (Lipinski definition) is 6. The molecule has 8 heteroatoms. The molecule has 1 amide bonds. The summed E-state index contributed by atoms with van der Waals surface area (Å²) in [5, 5.41) is 14.7. The minimum atomic E-state index is -0.460. The molecule has 0 saturated carbocycles. The maximum Gasteiger partial charge on any atom is 0.269 e. The minimum absolute atomic E-state index is 0.00117. The van der Waals surface area contributed by atoms with E-state index in [9.17, 15) is 14.9 Å². The molecule has 0 bridgehead atoms. The Balaban J connectivity index is 1.66. The number of carbonyl (C=O) groups excluding carboxylic acids is 1. The first-order valence-corrected chi connectivity index (χ1v) is 10.1. The van der Waals surface area contributed by atoms with Crippen LogP contribution in [0.4, 0.5) is 5.69 Å². The lowest BCUT2D eigenvalue weighted by atomic mass is 10.1. The molecule has 0 N–H and O–H groups in total. The molecule has 0 fully saturated rings. The van der Waals surface area contributed by atoms with Crippen LogP contribution < -0.4 is 0 Å². The van der Waals surface area contributed by atoms with E-state index in [2.05, 4.69) is 10.1 Å². The zero-order valence-electron chi connectivity index (χ0n) is 17.5. The van der Waals surface area contributed by atoms with Crippen molar-refractivity contribution in [3.8, 4) is 11.4 Å². The van der Waals surface area contributed by atoms with Crippen LogP contribution in [0.1, 0.15) is 31.7 Å². The molecule has 0 aliphatic carbocycles. The first kappa shape index (κ1) is 21.9. The van der Waals surface area contributed by atoms with Crippen LogP contribution in [0.15, 0.2) is 65.2 Å². The van der Waals surface area contributed by atoms with Gasteiger partial charge in [0, 0.05) is 42.8 Å². The molecule has 0 aliphatic heterocycles. The van der Waals surface area contributed by atoms with E-state index in [1.54, 1.807) is 29.2 Å². The summed E-state index contributed by atoms with van der Waals surface area (Å²) in [5.41, 5.74) is 1.59. The lowest BCUT2D eigenvalue weighted by molar-refractivity contribution is -0.384. The van der Waals surface area contributed by atoms with Gasteiger partial charge in [-0.3, -0.25) is 14.9 Å². The van der Waals surface area contributed by atoms with Crippen molar-refractivity contribution in [3.05, 3.63) is 82.2 Å². The van der Waals surface area contributed by atoms with Crippen LogP contribution in [-0.4, -0.2) is 38.5 Å². The number of rotatable bonds is 9. The molecule has 1 aromatic heterocycles. The molecular weight excluding hydrogens is 396 g/mol. The highest BCUT2D eigenvalue weighted by Gasteiger charge is 2.18. The number of non-ortho nitro benzene ring substituents is 1. The van der Waals surface area contributed by atoms with Crippen LogP contribution in [0, 0.1) is 10.1 Å². The summed E-state index contributed by atoms with van der Waals surface area (Å²) in [5.74, 6) is 0.685. The number of carbonyl (C=O) groups is 1. The van der Waals surface area contributed by atoms with Gasteiger partial charge in [-0.1, -0.05) is 42.4 Å². The molecule has 31 heavy (non-hydrogen) atoms. The van der Waals surface area contributed by atoms with Gasteiger partial charge < -0.3 is 9.42 Å². The van der Waals surface area contributed by atoms with E-state index in [4.69, 9.17) is 4.52 Å². The largest absolute Gasteiger partial charge is 0.339 e. The summed E-state index contributed by atoms with van der Waals surface area (Å²) >= 11 is 0. The molecule has 1 heterocycles. The van der Waals surface area contributed by atoms with Crippen LogP contribution in [0.2, 0.25) is 0 Å². The summed E-state index contributed by atoms with van der Waals surface area (Å²) in [4.78, 5) is 29.2. The highest BCUT2D eigenvalue weighted by molar-refractivity contribution is 5.92. The molecule has 1 unspecified atom stereocenters. The predicted molar refractivity (Wildman–Crippen MR) is 117 cm³/mol. The molecule has 160 valence electrons. The Kier molecular flexibility index (Phi) is 7.26. The molecule has 1 atom stereocenters. The second-order valence-corrected chi connectivity index (χ2v) is 7.10. The number of hydrogen-bond donors (Lipinski definition) is 0. The van der Waals surface area contributed by atoms with Crippen molar-refractivity contribution in [1.29, 1.82) is 0 Å². The normalized spacial score (nSPS) is 12.1. The fraction of sp³-hybridized carbons (Fsp3) is 0.261. The van der Waals surface area contributed by atoms with Crippen LogP contribution in [0.3, 0.4) is 0 Å². The Labute approximate surface area is 180 Å². The average Bonchev–Trinajstić information content (AvgIpc) is 3.27. The summed E-state index contributed by atoms with van der Waals surface area (Å²) in [6.07, 6.45) is 4.62. The summed E-state index contributed by atoms with van der Waals surface area (Å²) in [6.45, 7) is 4.48. The van der Waals surface area contributed by atoms with Gasteiger partial charge in [0.25, 0.3) is 5.69 Å². The number of nitrogens with zero attached hydrogens (tertiary/aromatic N) is 4. The summed E-state index contributed by atoms with van der Waals surface area (Å²) in [7, 11) is 0. The van der Waals surface area contributed by atoms with Gasteiger partial charge in [-0.05, 0) is 37.1 Å². The lowest BCUT2D eigenvalue weighted by Gasteiger charge is -2.27. The molecule has 3 aromatic rings. The molecule has 2 aromatic carbocycles. The van der Waals surface area contributed by atoms with Gasteiger partial charge in [-0.2, -0.15) is 4.98 Å². The first-order chi connectivity index (χ1) is 15.0. The Hall–Kier alpha value is -3.81. The highest BCUT2D eigenvalue weighted by Crippen LogP contribution is 2.20. The first-order valence-electron chi connectivity index (χ1n) is 10.1. The minimum Gasteiger partial charge on any atom is -0.339 e. The summed E-state index contributed by atoms with van der Waals surface area (Å²) < 4.78 is 5.32. The maximum atomic E-state index is 12.8. The van der Waals surface area contributed by atoms with E-state index in [0.717, 1.165) is 12.0 Å². The fourth-order valence-corrected chi connectivity index (χ4v) is 3.02. The van der Waals surface area contributed by atoms with E-state index in [1.807, 2.05) is 44.2 Å². The van der Waals surface area contributed by atoms with E-state index >= 15 is 0 Å². The fourth-order valence-electron chi connectivity index (χ4n) is 3.02. The van der Waals surface area contributed by atoms with Crippen molar-refractivity contribution in [1.82, 2.24) is 15.0 Å². The summed E-state index contributed by atoms with van der Waals surface area (Å²) in [6, 6.07) is 15.7. The molecule has 0 aliphatic rings. The second kappa shape index (κ2) is 10.3. The van der Waals surface area contributed by atoms with E-state index in [1.165, 1.54) is 12.1 Å². The van der Waals surface area contributed by atoms with Crippen LogP contribution >= 0.6 is 0 Å². The van der Waals surface area contributed by atoms with Gasteiger partial charge in [0.05, 0.1) is 4.92 Å². The number of nitro benzene ring substituents is 1. The highest BCUT2D eigenvalue weighted by atomic mass is 16.6. The average molecular weight is 420 g/mol. The number of aromatic nitrogens is 2. The Morgan fingerprint density at radius 2 is 1.90 bits per heavy atom. The zero-order valence-corrected chi connectivity index (χ0v) is 17.5. The van der Waals surface area contributed by atoms with Crippen molar-refractivity contribution in [3.63, 3.8) is 0 Å². The number of amides is 1. The van der Waals surface area contributed by atoms with Gasteiger partial charge in [0.15, 0.2) is 0 Å². The van der Waals surface area contributed by atoms with Gasteiger partial charge in [0.1, 0.15) is 0 Å². The quantitative estimate of drug-likeness (QED) is 0.286. The van der Waals surface area contributed by atoms with Crippen molar-refractivity contribution < 1.29 is 14.2 Å². The molecule has 0 saturated heterocycles. The van der Waals surface area contributed by atoms with E-state index in [0.29, 0.717) is 30.2 Å². The predicted octanol–water partition coefficient (Wildman–Crippen LogP) is 4.53. The molecule has 0 spiro atoms. The number of nitro groups is 1. The molecule has 0 radical (unpaired) electrons. The maximum absolute atomic E-state index is 12.8. The topological polar surface area (TPSA) is 102 Å². The molecular formula is C23H24N4O4. The van der Waals surface area contributed by atoms with Gasteiger partial charge in [-0.15, -0.1) is 0 Å². The van der Waals surface area contributed by atoms with Crippen molar-refractivity contribution in [2.24, 2.45) is 0 Å². The van der Waals surface area contributed by atoms with Crippen LogP contribution in [0.5, 0.6) is 0 Å². The second-order valence-electron chi connectivity index (χ2n) is 7.10.